The first-order valence-corrected chi connectivity index (χ1v) is 22.3. The molecule has 2 saturated heterocycles. The molecule has 0 aliphatic carbocycles. The molecule has 2 fully saturated rings. The minimum atomic E-state index is -0.490. The molecular formula is C43H72N6O7S. The molecule has 0 unspecified atom stereocenters. The summed E-state index contributed by atoms with van der Waals surface area (Å²) in [7, 11) is 1.66. The van der Waals surface area contributed by atoms with E-state index in [4.69, 9.17) is 38.4 Å². The highest BCUT2D eigenvalue weighted by Crippen LogP contribution is 2.41. The molecule has 2 aliphatic heterocycles. The van der Waals surface area contributed by atoms with Crippen LogP contribution in [0.4, 0.5) is 10.6 Å². The molecule has 0 aromatic carbocycles. The van der Waals surface area contributed by atoms with Gasteiger partial charge in [-0.2, -0.15) is 0 Å². The lowest BCUT2D eigenvalue weighted by molar-refractivity contribution is -0.00962. The fourth-order valence-electron chi connectivity index (χ4n) is 7.51. The van der Waals surface area contributed by atoms with E-state index in [-0.39, 0.29) is 11.6 Å². The van der Waals surface area contributed by atoms with Gasteiger partial charge >= 0.3 is 6.09 Å². The normalized spacial score (nSPS) is 16.7. The zero-order valence-corrected chi connectivity index (χ0v) is 37.1. The number of hydrogen-bond donors (Lipinski definition) is 1. The van der Waals surface area contributed by atoms with Crippen LogP contribution in [-0.4, -0.2) is 141 Å². The van der Waals surface area contributed by atoms with Crippen molar-refractivity contribution in [3.63, 3.8) is 0 Å². The zero-order chi connectivity index (χ0) is 40.8. The number of amides is 1. The first kappa shape index (κ1) is 45.5. The second-order valence-corrected chi connectivity index (χ2v) is 18.7. The summed E-state index contributed by atoms with van der Waals surface area (Å²) in [4.78, 5) is 29.3. The Balaban J connectivity index is 1.19. The van der Waals surface area contributed by atoms with Gasteiger partial charge in [0.25, 0.3) is 0 Å². The van der Waals surface area contributed by atoms with E-state index in [1.807, 2.05) is 37.0 Å². The van der Waals surface area contributed by atoms with Crippen molar-refractivity contribution in [2.75, 3.05) is 105 Å². The third kappa shape index (κ3) is 14.3. The first-order valence-electron chi connectivity index (χ1n) is 21.5. The second kappa shape index (κ2) is 22.1. The van der Waals surface area contributed by atoms with E-state index in [0.29, 0.717) is 71.3 Å². The number of aromatic nitrogens is 3. The Bertz CT molecular complexity index is 1650. The summed E-state index contributed by atoms with van der Waals surface area (Å²) in [5.41, 5.74) is 2.62. The van der Waals surface area contributed by atoms with Crippen molar-refractivity contribution in [1.82, 2.24) is 24.3 Å². The van der Waals surface area contributed by atoms with E-state index in [1.54, 1.807) is 7.11 Å². The number of nitrogens with one attached hydrogen (secondary N) is 1. The quantitative estimate of drug-likeness (QED) is 0.100. The number of likely N-dealkylation sites (tertiary alicyclic amines) is 2. The SMILES string of the molecule is CCCCc1nc2c(NC(C)(C)C)nc3cc(C4CCN(CCOCCOCCOCCOCCOC)CC4)sc3c2n1CC1CCN(C(=O)OC(C)(C)C)CC1. The zero-order valence-electron chi connectivity index (χ0n) is 36.3. The molecular weight excluding hydrogens is 745 g/mol. The van der Waals surface area contributed by atoms with Crippen LogP contribution >= 0.6 is 11.3 Å². The maximum atomic E-state index is 12.8. The van der Waals surface area contributed by atoms with E-state index in [9.17, 15) is 4.79 Å². The molecule has 0 atom stereocenters. The number of fused-ring (bicyclic) bond motifs is 3. The molecule has 1 N–H and O–H groups in total. The van der Waals surface area contributed by atoms with Crippen molar-refractivity contribution in [2.24, 2.45) is 5.92 Å². The van der Waals surface area contributed by atoms with Crippen molar-refractivity contribution >= 4 is 44.5 Å². The molecule has 0 saturated carbocycles. The molecule has 0 bridgehead atoms. The maximum Gasteiger partial charge on any atom is 0.410 e. The van der Waals surface area contributed by atoms with Gasteiger partial charge in [-0.3, -0.25) is 0 Å². The number of piperidine rings is 2. The molecule has 322 valence electrons. The summed E-state index contributed by atoms with van der Waals surface area (Å²) in [5.74, 6) is 2.98. The average Bonchev–Trinajstić information content (AvgIpc) is 3.75. The molecule has 0 spiro atoms. The highest BCUT2D eigenvalue weighted by molar-refractivity contribution is 7.20. The summed E-state index contributed by atoms with van der Waals surface area (Å²) in [5, 5.41) is 3.72. The number of carbonyl (C=O) groups is 1. The van der Waals surface area contributed by atoms with Gasteiger partial charge in [0.15, 0.2) is 5.82 Å². The fraction of sp³-hybridized carbons (Fsp3) is 0.791. The second-order valence-electron chi connectivity index (χ2n) is 17.6. The highest BCUT2D eigenvalue weighted by atomic mass is 32.1. The van der Waals surface area contributed by atoms with Gasteiger partial charge < -0.3 is 48.1 Å². The number of nitrogens with zero attached hydrogens (tertiary/aromatic N) is 5. The Morgan fingerprint density at radius 2 is 1.46 bits per heavy atom. The number of carbonyl (C=O) groups excluding carboxylic acids is 1. The van der Waals surface area contributed by atoms with Crippen LogP contribution in [0.25, 0.3) is 21.3 Å². The Morgan fingerprint density at radius 1 is 0.842 bits per heavy atom. The average molecular weight is 817 g/mol. The van der Waals surface area contributed by atoms with Gasteiger partial charge in [0, 0.05) is 50.1 Å². The number of anilines is 1. The predicted molar refractivity (Wildman–Crippen MR) is 229 cm³/mol. The molecule has 57 heavy (non-hydrogen) atoms. The number of rotatable bonds is 22. The van der Waals surface area contributed by atoms with Gasteiger partial charge in [-0.15, -0.1) is 11.3 Å². The molecule has 2 aliphatic rings. The van der Waals surface area contributed by atoms with Crippen molar-refractivity contribution in [1.29, 1.82) is 0 Å². The minimum Gasteiger partial charge on any atom is -0.444 e. The van der Waals surface area contributed by atoms with Crippen molar-refractivity contribution in [2.45, 2.75) is 117 Å². The van der Waals surface area contributed by atoms with E-state index >= 15 is 0 Å². The largest absolute Gasteiger partial charge is 0.444 e. The Morgan fingerprint density at radius 3 is 2.04 bits per heavy atom. The number of ether oxygens (including phenoxy) is 6. The fourth-order valence-corrected chi connectivity index (χ4v) is 8.83. The topological polar surface area (TPSA) is 122 Å². The molecule has 0 radical (unpaired) electrons. The van der Waals surface area contributed by atoms with E-state index in [2.05, 4.69) is 48.5 Å². The lowest BCUT2D eigenvalue weighted by atomic mass is 9.95. The minimum absolute atomic E-state index is 0.160. The van der Waals surface area contributed by atoms with Crippen LogP contribution in [0.5, 0.6) is 0 Å². The van der Waals surface area contributed by atoms with E-state index in [1.165, 1.54) is 15.1 Å². The number of unbranched alkanes of at least 4 members (excludes halogenated alkanes) is 1. The summed E-state index contributed by atoms with van der Waals surface area (Å²) in [6, 6.07) is 2.36. The van der Waals surface area contributed by atoms with Gasteiger partial charge in [0.2, 0.25) is 0 Å². The van der Waals surface area contributed by atoms with Gasteiger partial charge in [-0.25, -0.2) is 14.8 Å². The van der Waals surface area contributed by atoms with Crippen LogP contribution in [0.1, 0.15) is 104 Å². The summed E-state index contributed by atoms with van der Waals surface area (Å²) < 4.78 is 36.9. The number of imidazole rings is 1. The van der Waals surface area contributed by atoms with E-state index in [0.717, 1.165) is 107 Å². The maximum absolute atomic E-state index is 12.8. The number of aryl methyl sites for hydroxylation is 1. The summed E-state index contributed by atoms with van der Waals surface area (Å²) in [6.07, 6.45) is 7.09. The monoisotopic (exact) mass is 817 g/mol. The molecule has 5 rings (SSSR count). The lowest BCUT2D eigenvalue weighted by Gasteiger charge is -2.33. The molecule has 13 nitrogen and oxygen atoms in total. The molecule has 1 amide bonds. The lowest BCUT2D eigenvalue weighted by Crippen LogP contribution is -2.42. The number of pyridine rings is 1. The molecule has 3 aromatic rings. The number of thiophene rings is 1. The Kier molecular flexibility index (Phi) is 17.7. The van der Waals surface area contributed by atoms with Crippen molar-refractivity contribution in [3.05, 3.63) is 16.8 Å². The first-order chi connectivity index (χ1) is 27.3. The Labute approximate surface area is 345 Å². The number of methoxy groups -OCH3 is 1. The van der Waals surface area contributed by atoms with Gasteiger partial charge in [-0.1, -0.05) is 13.3 Å². The van der Waals surface area contributed by atoms with Crippen molar-refractivity contribution in [3.8, 4) is 0 Å². The van der Waals surface area contributed by atoms with Crippen molar-refractivity contribution < 1.29 is 33.2 Å². The third-order valence-electron chi connectivity index (χ3n) is 10.5. The summed E-state index contributed by atoms with van der Waals surface area (Å²) >= 11 is 1.93. The van der Waals surface area contributed by atoms with Crippen LogP contribution in [0.15, 0.2) is 6.07 Å². The van der Waals surface area contributed by atoms with Crippen LogP contribution in [0, 0.1) is 5.92 Å². The molecule has 3 aromatic heterocycles. The highest BCUT2D eigenvalue weighted by Gasteiger charge is 2.30. The van der Waals surface area contributed by atoms with Crippen LogP contribution in [0.3, 0.4) is 0 Å². The Hall–Kier alpha value is -2.59. The number of hydrogen-bond acceptors (Lipinski definition) is 12. The van der Waals surface area contributed by atoms with Gasteiger partial charge in [0.1, 0.15) is 16.9 Å². The van der Waals surface area contributed by atoms with Gasteiger partial charge in [-0.05, 0) is 105 Å². The third-order valence-corrected chi connectivity index (χ3v) is 11.8. The molecule has 5 heterocycles. The van der Waals surface area contributed by atoms with Crippen LogP contribution < -0.4 is 5.32 Å². The smallest absolute Gasteiger partial charge is 0.410 e. The van der Waals surface area contributed by atoms with Gasteiger partial charge in [0.05, 0.1) is 75.2 Å². The standard InChI is InChI=1S/C43H72N6O7S/c1-9-10-11-36-45-37-38(49(36)31-32-12-18-48(19-13-32)41(50)56-43(5,6)7)39-34(44-40(37)46-42(2,3)4)30-35(57-39)33-14-16-47(17-15-33)20-21-52-24-25-54-28-29-55-27-26-53-23-22-51-8/h30,32-33H,9-29,31H2,1-8H3,(H,44,46). The van der Waals surface area contributed by atoms with Crippen LogP contribution in [-0.2, 0) is 41.4 Å². The van der Waals surface area contributed by atoms with Crippen LogP contribution in [0.2, 0.25) is 0 Å². The summed E-state index contributed by atoms with van der Waals surface area (Å²) in [6.45, 7) is 25.3. The van der Waals surface area contributed by atoms with E-state index < -0.39 is 5.60 Å². The molecule has 14 heteroatoms. The predicted octanol–water partition coefficient (Wildman–Crippen LogP) is 7.74.